The molecular formula is C15H20N4. The Balaban J connectivity index is 1.99. The highest BCUT2D eigenvalue weighted by Crippen LogP contribution is 2.56. The average molecular weight is 256 g/mol. The smallest absolute Gasteiger partial charge is 0.0725 e. The number of nitrogens with one attached hydrogen (secondary N) is 1. The van der Waals surface area contributed by atoms with Crippen LogP contribution in [0.4, 0.5) is 0 Å². The second-order valence-corrected chi connectivity index (χ2v) is 5.19. The number of nitrogens with two attached hydrogens (primary N) is 1. The van der Waals surface area contributed by atoms with E-state index in [2.05, 4.69) is 53.8 Å². The van der Waals surface area contributed by atoms with E-state index >= 15 is 0 Å². The summed E-state index contributed by atoms with van der Waals surface area (Å²) in [5.41, 5.74) is 5.68. The molecule has 1 aromatic carbocycles. The molecule has 1 aromatic heterocycles. The molecule has 19 heavy (non-hydrogen) atoms. The normalized spacial score (nSPS) is 18.2. The Hall–Kier alpha value is -1.65. The van der Waals surface area contributed by atoms with E-state index in [1.165, 1.54) is 24.1 Å². The van der Waals surface area contributed by atoms with Crippen molar-refractivity contribution in [2.75, 3.05) is 0 Å². The number of aromatic nitrogens is 2. The van der Waals surface area contributed by atoms with Gasteiger partial charge in [-0.15, -0.1) is 0 Å². The van der Waals surface area contributed by atoms with E-state index in [1.807, 2.05) is 10.9 Å². The number of hydrogen-bond acceptors (Lipinski definition) is 3. The summed E-state index contributed by atoms with van der Waals surface area (Å²) in [6.07, 6.45) is 4.19. The molecule has 0 bridgehead atoms. The van der Waals surface area contributed by atoms with E-state index in [1.54, 1.807) is 0 Å². The minimum atomic E-state index is 0.123. The number of hydrazine groups is 1. The monoisotopic (exact) mass is 256 g/mol. The van der Waals surface area contributed by atoms with Crippen LogP contribution in [0.5, 0.6) is 0 Å². The van der Waals surface area contributed by atoms with Crippen LogP contribution in [0, 0.1) is 0 Å². The molecule has 0 aliphatic heterocycles. The van der Waals surface area contributed by atoms with Gasteiger partial charge in [-0.05, 0) is 31.4 Å². The SMILES string of the molecule is CCn1nccc1C(NN)C1(c2ccccc2)CC1. The predicted molar refractivity (Wildman–Crippen MR) is 75.3 cm³/mol. The topological polar surface area (TPSA) is 55.9 Å². The lowest BCUT2D eigenvalue weighted by atomic mass is 9.86. The van der Waals surface area contributed by atoms with Gasteiger partial charge >= 0.3 is 0 Å². The zero-order chi connectivity index (χ0) is 13.3. The van der Waals surface area contributed by atoms with Gasteiger partial charge in [-0.1, -0.05) is 30.3 Å². The Morgan fingerprint density at radius 1 is 1.32 bits per heavy atom. The first-order valence-electron chi connectivity index (χ1n) is 6.85. The van der Waals surface area contributed by atoms with Crippen LogP contribution in [0.3, 0.4) is 0 Å². The highest BCUT2D eigenvalue weighted by molar-refractivity contribution is 5.36. The van der Waals surface area contributed by atoms with Crippen molar-refractivity contribution in [1.29, 1.82) is 0 Å². The van der Waals surface area contributed by atoms with Crippen LogP contribution in [-0.2, 0) is 12.0 Å². The van der Waals surface area contributed by atoms with Crippen molar-refractivity contribution >= 4 is 0 Å². The van der Waals surface area contributed by atoms with Gasteiger partial charge in [0, 0.05) is 18.2 Å². The molecular weight excluding hydrogens is 236 g/mol. The first-order valence-corrected chi connectivity index (χ1v) is 6.85. The summed E-state index contributed by atoms with van der Waals surface area (Å²) >= 11 is 0. The first kappa shape index (κ1) is 12.4. The zero-order valence-electron chi connectivity index (χ0n) is 11.2. The van der Waals surface area contributed by atoms with Gasteiger partial charge in [-0.25, -0.2) is 0 Å². The molecule has 1 heterocycles. The Kier molecular flexibility index (Phi) is 3.12. The van der Waals surface area contributed by atoms with Crippen molar-refractivity contribution in [3.05, 3.63) is 53.9 Å². The fourth-order valence-electron chi connectivity index (χ4n) is 3.03. The molecule has 0 radical (unpaired) electrons. The highest BCUT2D eigenvalue weighted by atomic mass is 15.3. The minimum absolute atomic E-state index is 0.123. The molecule has 1 unspecified atom stereocenters. The van der Waals surface area contributed by atoms with Gasteiger partial charge in [0.25, 0.3) is 0 Å². The largest absolute Gasteiger partial charge is 0.271 e. The summed E-state index contributed by atoms with van der Waals surface area (Å²) in [5.74, 6) is 5.86. The lowest BCUT2D eigenvalue weighted by Crippen LogP contribution is -2.38. The third kappa shape index (κ3) is 1.97. The molecule has 0 saturated heterocycles. The maximum atomic E-state index is 5.86. The molecule has 1 fully saturated rings. The van der Waals surface area contributed by atoms with Gasteiger partial charge in [-0.2, -0.15) is 5.10 Å². The molecule has 0 spiro atoms. The summed E-state index contributed by atoms with van der Waals surface area (Å²) in [6, 6.07) is 12.8. The highest BCUT2D eigenvalue weighted by Gasteiger charge is 2.51. The number of nitrogens with zero attached hydrogens (tertiary/aromatic N) is 2. The number of hydrogen-bond donors (Lipinski definition) is 2. The average Bonchev–Trinajstić information content (AvgIpc) is 3.13. The molecule has 4 nitrogen and oxygen atoms in total. The van der Waals surface area contributed by atoms with Crippen molar-refractivity contribution in [1.82, 2.24) is 15.2 Å². The van der Waals surface area contributed by atoms with Crippen LogP contribution < -0.4 is 11.3 Å². The molecule has 4 heteroatoms. The second kappa shape index (κ2) is 4.79. The summed E-state index contributed by atoms with van der Waals surface area (Å²) in [5, 5.41) is 4.36. The van der Waals surface area contributed by atoms with Crippen LogP contribution in [0.2, 0.25) is 0 Å². The van der Waals surface area contributed by atoms with Gasteiger partial charge in [0.15, 0.2) is 0 Å². The van der Waals surface area contributed by atoms with Crippen LogP contribution in [0.1, 0.15) is 37.1 Å². The van der Waals surface area contributed by atoms with E-state index in [4.69, 9.17) is 5.84 Å². The van der Waals surface area contributed by atoms with Crippen LogP contribution >= 0.6 is 0 Å². The quantitative estimate of drug-likeness (QED) is 0.636. The van der Waals surface area contributed by atoms with E-state index < -0.39 is 0 Å². The van der Waals surface area contributed by atoms with Crippen molar-refractivity contribution in [3.8, 4) is 0 Å². The first-order chi connectivity index (χ1) is 9.31. The summed E-state index contributed by atoms with van der Waals surface area (Å²) in [4.78, 5) is 0. The van der Waals surface area contributed by atoms with E-state index in [0.717, 1.165) is 6.54 Å². The fraction of sp³-hybridized carbons (Fsp3) is 0.400. The minimum Gasteiger partial charge on any atom is -0.271 e. The van der Waals surface area contributed by atoms with Crippen LogP contribution in [0.25, 0.3) is 0 Å². The van der Waals surface area contributed by atoms with Gasteiger partial charge in [0.05, 0.1) is 11.7 Å². The van der Waals surface area contributed by atoms with Crippen molar-refractivity contribution in [2.24, 2.45) is 5.84 Å². The molecule has 1 aliphatic rings. The van der Waals surface area contributed by atoms with Crippen molar-refractivity contribution in [3.63, 3.8) is 0 Å². The van der Waals surface area contributed by atoms with E-state index in [-0.39, 0.29) is 11.5 Å². The van der Waals surface area contributed by atoms with Crippen molar-refractivity contribution in [2.45, 2.75) is 37.8 Å². The molecule has 1 atom stereocenters. The lowest BCUT2D eigenvalue weighted by Gasteiger charge is -2.27. The Labute approximate surface area is 113 Å². The lowest BCUT2D eigenvalue weighted by molar-refractivity contribution is 0.405. The third-order valence-electron chi connectivity index (χ3n) is 4.20. The molecule has 2 aromatic rings. The maximum Gasteiger partial charge on any atom is 0.0725 e. The molecule has 100 valence electrons. The summed E-state index contributed by atoms with van der Waals surface area (Å²) in [7, 11) is 0. The van der Waals surface area contributed by atoms with Gasteiger partial charge in [0.2, 0.25) is 0 Å². The molecule has 3 N–H and O–H groups in total. The number of rotatable bonds is 5. The van der Waals surface area contributed by atoms with Crippen LogP contribution in [-0.4, -0.2) is 9.78 Å². The second-order valence-electron chi connectivity index (χ2n) is 5.19. The molecule has 3 rings (SSSR count). The van der Waals surface area contributed by atoms with Gasteiger partial charge < -0.3 is 0 Å². The zero-order valence-corrected chi connectivity index (χ0v) is 11.2. The standard InChI is InChI=1S/C15H20N4/c1-2-19-13(8-11-17-19)14(18-16)15(9-10-15)12-6-4-3-5-7-12/h3-8,11,14,18H,2,9-10,16H2,1H3. The Morgan fingerprint density at radius 2 is 2.05 bits per heavy atom. The predicted octanol–water partition coefficient (Wildman–Crippen LogP) is 2.14. The third-order valence-corrected chi connectivity index (χ3v) is 4.20. The van der Waals surface area contributed by atoms with Crippen LogP contribution in [0.15, 0.2) is 42.6 Å². The number of benzene rings is 1. The summed E-state index contributed by atoms with van der Waals surface area (Å²) < 4.78 is 2.02. The van der Waals surface area contributed by atoms with Crippen molar-refractivity contribution < 1.29 is 0 Å². The Bertz CT molecular complexity index is 542. The van der Waals surface area contributed by atoms with Gasteiger partial charge in [0.1, 0.15) is 0 Å². The van der Waals surface area contributed by atoms with E-state index in [0.29, 0.717) is 0 Å². The molecule has 1 saturated carbocycles. The van der Waals surface area contributed by atoms with Gasteiger partial charge in [-0.3, -0.25) is 16.0 Å². The fourth-order valence-corrected chi connectivity index (χ4v) is 3.03. The Morgan fingerprint density at radius 3 is 2.63 bits per heavy atom. The molecule has 1 aliphatic carbocycles. The number of aryl methyl sites for hydroxylation is 1. The maximum absolute atomic E-state index is 5.86. The molecule has 0 amide bonds. The van der Waals surface area contributed by atoms with E-state index in [9.17, 15) is 0 Å². The summed E-state index contributed by atoms with van der Waals surface area (Å²) in [6.45, 7) is 2.97.